The van der Waals surface area contributed by atoms with Crippen LogP contribution >= 0.6 is 0 Å². The quantitative estimate of drug-likeness (QED) is 0.698. The number of aryl methyl sites for hydroxylation is 2. The van der Waals surface area contributed by atoms with Gasteiger partial charge >= 0.3 is 5.97 Å². The zero-order valence-corrected chi connectivity index (χ0v) is 15.3. The molecule has 0 bridgehead atoms. The minimum Gasteiger partial charge on any atom is -0.462 e. The van der Waals surface area contributed by atoms with Gasteiger partial charge < -0.3 is 10.1 Å². The van der Waals surface area contributed by atoms with E-state index in [1.54, 1.807) is 31.2 Å². The first kappa shape index (κ1) is 18.2. The SMILES string of the molecule is CCOC(=O)c1cnn(-c2nc(C)cc(C)n2)c1NC(=O)c1ccccc1. The van der Waals surface area contributed by atoms with Gasteiger partial charge in [0.15, 0.2) is 5.82 Å². The molecule has 0 spiro atoms. The summed E-state index contributed by atoms with van der Waals surface area (Å²) in [6.45, 7) is 5.57. The number of anilines is 1. The molecule has 138 valence electrons. The number of hydrogen-bond donors (Lipinski definition) is 1. The number of aromatic nitrogens is 4. The van der Waals surface area contributed by atoms with Gasteiger partial charge in [0, 0.05) is 17.0 Å². The summed E-state index contributed by atoms with van der Waals surface area (Å²) in [6, 6.07) is 10.5. The molecule has 0 fully saturated rings. The Morgan fingerprint density at radius 1 is 1.11 bits per heavy atom. The lowest BCUT2D eigenvalue weighted by Gasteiger charge is -2.11. The normalized spacial score (nSPS) is 10.5. The molecule has 1 N–H and O–H groups in total. The molecule has 1 aromatic carbocycles. The van der Waals surface area contributed by atoms with Gasteiger partial charge in [-0.1, -0.05) is 18.2 Å². The molecule has 8 heteroatoms. The van der Waals surface area contributed by atoms with E-state index in [0.29, 0.717) is 5.56 Å². The number of benzene rings is 1. The average Bonchev–Trinajstić information content (AvgIpc) is 3.05. The second-order valence-corrected chi connectivity index (χ2v) is 5.81. The molecule has 2 heterocycles. The van der Waals surface area contributed by atoms with Crippen molar-refractivity contribution in [3.8, 4) is 5.95 Å². The summed E-state index contributed by atoms with van der Waals surface area (Å²) >= 11 is 0. The molecule has 2 aromatic heterocycles. The van der Waals surface area contributed by atoms with E-state index < -0.39 is 5.97 Å². The van der Waals surface area contributed by atoms with Crippen LogP contribution in [-0.2, 0) is 4.74 Å². The van der Waals surface area contributed by atoms with Gasteiger partial charge in [-0.2, -0.15) is 9.78 Å². The molecule has 27 heavy (non-hydrogen) atoms. The van der Waals surface area contributed by atoms with Gasteiger partial charge in [0.05, 0.1) is 12.8 Å². The fourth-order valence-electron chi connectivity index (χ4n) is 2.55. The molecule has 0 aliphatic heterocycles. The largest absolute Gasteiger partial charge is 0.462 e. The Balaban J connectivity index is 2.06. The topological polar surface area (TPSA) is 99.0 Å². The zero-order chi connectivity index (χ0) is 19.4. The Bertz CT molecular complexity index is 962. The predicted octanol–water partition coefficient (Wildman–Crippen LogP) is 2.71. The molecule has 0 aliphatic carbocycles. The molecule has 3 aromatic rings. The smallest absolute Gasteiger partial charge is 0.343 e. The third-order valence-electron chi connectivity index (χ3n) is 3.69. The summed E-state index contributed by atoms with van der Waals surface area (Å²) in [4.78, 5) is 33.6. The molecule has 0 unspecified atom stereocenters. The van der Waals surface area contributed by atoms with Crippen LogP contribution in [0.4, 0.5) is 5.82 Å². The van der Waals surface area contributed by atoms with Gasteiger partial charge in [0.1, 0.15) is 5.56 Å². The number of amides is 1. The van der Waals surface area contributed by atoms with Gasteiger partial charge in [0.2, 0.25) is 0 Å². The number of carbonyl (C=O) groups is 2. The van der Waals surface area contributed by atoms with Crippen LogP contribution in [-0.4, -0.2) is 38.2 Å². The van der Waals surface area contributed by atoms with Crippen LogP contribution in [0.25, 0.3) is 5.95 Å². The predicted molar refractivity (Wildman–Crippen MR) is 99.0 cm³/mol. The second kappa shape index (κ2) is 7.77. The Kier molecular flexibility index (Phi) is 5.25. The summed E-state index contributed by atoms with van der Waals surface area (Å²) in [5, 5.41) is 6.93. The van der Waals surface area contributed by atoms with Gasteiger partial charge in [-0.15, -0.1) is 0 Å². The number of esters is 1. The molecular formula is C19H19N5O3. The van der Waals surface area contributed by atoms with Crippen molar-refractivity contribution < 1.29 is 14.3 Å². The fourth-order valence-corrected chi connectivity index (χ4v) is 2.55. The van der Waals surface area contributed by atoms with E-state index in [4.69, 9.17) is 4.74 Å². The Hall–Kier alpha value is -3.55. The number of hydrogen-bond acceptors (Lipinski definition) is 6. The first-order valence-electron chi connectivity index (χ1n) is 8.43. The number of ether oxygens (including phenoxy) is 1. The van der Waals surface area contributed by atoms with Crippen molar-refractivity contribution in [3.05, 3.63) is 65.1 Å². The van der Waals surface area contributed by atoms with E-state index in [-0.39, 0.29) is 29.8 Å². The minimum absolute atomic E-state index is 0.129. The highest BCUT2D eigenvalue weighted by molar-refractivity contribution is 6.07. The minimum atomic E-state index is -0.587. The van der Waals surface area contributed by atoms with Crippen molar-refractivity contribution >= 4 is 17.7 Å². The molecular weight excluding hydrogens is 346 g/mol. The summed E-state index contributed by atoms with van der Waals surface area (Å²) in [7, 11) is 0. The lowest BCUT2D eigenvalue weighted by Crippen LogP contribution is -2.19. The van der Waals surface area contributed by atoms with Crippen LogP contribution in [0.15, 0.2) is 42.6 Å². The molecule has 8 nitrogen and oxygen atoms in total. The Morgan fingerprint density at radius 2 is 1.78 bits per heavy atom. The molecule has 0 atom stereocenters. The van der Waals surface area contributed by atoms with Crippen LogP contribution in [0, 0.1) is 13.8 Å². The van der Waals surface area contributed by atoms with E-state index in [1.807, 2.05) is 26.0 Å². The monoisotopic (exact) mass is 365 g/mol. The van der Waals surface area contributed by atoms with Crippen LogP contribution in [0.3, 0.4) is 0 Å². The first-order valence-corrected chi connectivity index (χ1v) is 8.43. The van der Waals surface area contributed by atoms with E-state index >= 15 is 0 Å². The summed E-state index contributed by atoms with van der Waals surface area (Å²) < 4.78 is 6.39. The highest BCUT2D eigenvalue weighted by atomic mass is 16.5. The standard InChI is InChI=1S/C19H19N5O3/c1-4-27-18(26)15-11-20-24(19-21-12(2)10-13(3)22-19)16(15)23-17(25)14-8-6-5-7-9-14/h5-11H,4H2,1-3H3,(H,23,25). The number of carbonyl (C=O) groups excluding carboxylic acids is 2. The maximum absolute atomic E-state index is 12.6. The lowest BCUT2D eigenvalue weighted by molar-refractivity contribution is 0.0527. The molecule has 0 saturated carbocycles. The average molecular weight is 365 g/mol. The van der Waals surface area contributed by atoms with Crippen LogP contribution < -0.4 is 5.32 Å². The molecule has 0 aliphatic rings. The number of rotatable bonds is 5. The van der Waals surface area contributed by atoms with Crippen LogP contribution in [0.2, 0.25) is 0 Å². The maximum atomic E-state index is 12.6. The highest BCUT2D eigenvalue weighted by Gasteiger charge is 2.23. The maximum Gasteiger partial charge on any atom is 0.343 e. The van der Waals surface area contributed by atoms with E-state index in [1.165, 1.54) is 10.9 Å². The number of nitrogens with zero attached hydrogens (tertiary/aromatic N) is 4. The van der Waals surface area contributed by atoms with Crippen LogP contribution in [0.1, 0.15) is 39.0 Å². The summed E-state index contributed by atoms with van der Waals surface area (Å²) in [5.74, 6) is -0.553. The van der Waals surface area contributed by atoms with Crippen LogP contribution in [0.5, 0.6) is 0 Å². The summed E-state index contributed by atoms with van der Waals surface area (Å²) in [6.07, 6.45) is 1.33. The van der Waals surface area contributed by atoms with Crippen molar-refractivity contribution in [2.45, 2.75) is 20.8 Å². The van der Waals surface area contributed by atoms with E-state index in [0.717, 1.165) is 11.4 Å². The molecule has 0 radical (unpaired) electrons. The van der Waals surface area contributed by atoms with Gasteiger partial charge in [-0.05, 0) is 39.0 Å². The molecule has 0 saturated heterocycles. The van der Waals surface area contributed by atoms with Crippen molar-refractivity contribution in [2.24, 2.45) is 0 Å². The Labute approximate surface area is 156 Å². The second-order valence-electron chi connectivity index (χ2n) is 5.81. The highest BCUT2D eigenvalue weighted by Crippen LogP contribution is 2.21. The van der Waals surface area contributed by atoms with Gasteiger partial charge in [-0.25, -0.2) is 14.8 Å². The number of nitrogens with one attached hydrogen (secondary N) is 1. The van der Waals surface area contributed by atoms with Gasteiger partial charge in [-0.3, -0.25) is 4.79 Å². The van der Waals surface area contributed by atoms with Crippen molar-refractivity contribution in [1.82, 2.24) is 19.7 Å². The first-order chi connectivity index (χ1) is 13.0. The van der Waals surface area contributed by atoms with Crippen molar-refractivity contribution in [3.63, 3.8) is 0 Å². The fraction of sp³-hybridized carbons (Fsp3) is 0.211. The molecule has 3 rings (SSSR count). The zero-order valence-electron chi connectivity index (χ0n) is 15.3. The third kappa shape index (κ3) is 4.00. The van der Waals surface area contributed by atoms with Gasteiger partial charge in [0.25, 0.3) is 11.9 Å². The van der Waals surface area contributed by atoms with E-state index in [2.05, 4.69) is 20.4 Å². The van der Waals surface area contributed by atoms with Crippen molar-refractivity contribution in [1.29, 1.82) is 0 Å². The lowest BCUT2D eigenvalue weighted by atomic mass is 10.2. The summed E-state index contributed by atoms with van der Waals surface area (Å²) in [5.41, 5.74) is 2.06. The van der Waals surface area contributed by atoms with Crippen molar-refractivity contribution in [2.75, 3.05) is 11.9 Å². The molecule has 1 amide bonds. The van der Waals surface area contributed by atoms with E-state index in [9.17, 15) is 9.59 Å². The Morgan fingerprint density at radius 3 is 2.41 bits per heavy atom. The third-order valence-corrected chi connectivity index (χ3v) is 3.69.